The second-order valence-corrected chi connectivity index (χ2v) is 7.61. The van der Waals surface area contributed by atoms with E-state index < -0.39 is 0 Å². The predicted molar refractivity (Wildman–Crippen MR) is 112 cm³/mol. The van der Waals surface area contributed by atoms with E-state index in [-0.39, 0.29) is 11.8 Å². The number of hydrogen-bond donors (Lipinski definition) is 0. The summed E-state index contributed by atoms with van der Waals surface area (Å²) in [5, 5.41) is 5.23. The van der Waals surface area contributed by atoms with E-state index in [1.54, 1.807) is 7.11 Å². The van der Waals surface area contributed by atoms with Crippen LogP contribution in [0.2, 0.25) is 0 Å². The number of para-hydroxylation sites is 2. The zero-order valence-electron chi connectivity index (χ0n) is 16.9. The Balaban J connectivity index is 1.25. The fourth-order valence-corrected chi connectivity index (χ4v) is 4.02. The van der Waals surface area contributed by atoms with Gasteiger partial charge in [0, 0.05) is 37.2 Å². The Labute approximate surface area is 173 Å². The highest BCUT2D eigenvalue weighted by atomic mass is 16.5. The summed E-state index contributed by atoms with van der Waals surface area (Å²) < 4.78 is 12.9. The molecule has 1 aliphatic rings. The summed E-state index contributed by atoms with van der Waals surface area (Å²) in [6, 6.07) is 15.7. The van der Waals surface area contributed by atoms with E-state index in [1.807, 2.05) is 54.5 Å². The molecule has 0 saturated carbocycles. The number of nitrogens with zero attached hydrogens (tertiary/aromatic N) is 4. The van der Waals surface area contributed by atoms with Gasteiger partial charge in [0.15, 0.2) is 0 Å². The number of likely N-dealkylation sites (tertiary alicyclic amines) is 1. The summed E-state index contributed by atoms with van der Waals surface area (Å²) in [5.74, 6) is 1.95. The molecule has 1 saturated heterocycles. The lowest BCUT2D eigenvalue weighted by Gasteiger charge is -2.37. The lowest BCUT2D eigenvalue weighted by molar-refractivity contribution is -0.135. The Bertz CT molecular complexity index is 1220. The molecule has 1 fully saturated rings. The van der Waals surface area contributed by atoms with Gasteiger partial charge in [0.1, 0.15) is 5.75 Å². The fourth-order valence-electron chi connectivity index (χ4n) is 4.02. The topological polar surface area (TPSA) is 73.4 Å². The third-order valence-corrected chi connectivity index (χ3v) is 5.69. The highest BCUT2D eigenvalue weighted by Gasteiger charge is 2.36. The molecule has 0 bridgehead atoms. The van der Waals surface area contributed by atoms with Gasteiger partial charge < -0.3 is 18.7 Å². The molecule has 0 spiro atoms. The van der Waals surface area contributed by atoms with Gasteiger partial charge in [0.05, 0.1) is 25.0 Å². The third kappa shape index (κ3) is 3.12. The summed E-state index contributed by atoms with van der Waals surface area (Å²) in [5.41, 5.74) is 2.98. The van der Waals surface area contributed by atoms with Gasteiger partial charge in [0.25, 0.3) is 0 Å². The van der Waals surface area contributed by atoms with Crippen molar-refractivity contribution in [1.82, 2.24) is 19.6 Å². The molecule has 1 aliphatic heterocycles. The standard InChI is InChI=1S/C23H22N4O3/c1-26-12-15(17-7-3-5-9-19(17)26)11-21(28)27-13-16(14-27)23-24-22(25-30-23)18-8-4-6-10-20(18)29-2/h3-10,12,16H,11,13-14H2,1-2H3. The van der Waals surface area contributed by atoms with Crippen molar-refractivity contribution in [3.63, 3.8) is 0 Å². The number of aryl methyl sites for hydroxylation is 1. The molecule has 1 amide bonds. The molecule has 2 aromatic heterocycles. The van der Waals surface area contributed by atoms with Crippen LogP contribution in [0, 0.1) is 0 Å². The Hall–Kier alpha value is -3.61. The zero-order valence-corrected chi connectivity index (χ0v) is 16.9. The van der Waals surface area contributed by atoms with E-state index in [2.05, 4.69) is 26.8 Å². The molecule has 0 atom stereocenters. The van der Waals surface area contributed by atoms with Crippen LogP contribution in [0.5, 0.6) is 5.75 Å². The molecule has 0 N–H and O–H groups in total. The number of aromatic nitrogens is 3. The van der Waals surface area contributed by atoms with Crippen molar-refractivity contribution >= 4 is 16.8 Å². The van der Waals surface area contributed by atoms with Crippen molar-refractivity contribution in [1.29, 1.82) is 0 Å². The van der Waals surface area contributed by atoms with Gasteiger partial charge in [0.2, 0.25) is 17.6 Å². The first-order valence-electron chi connectivity index (χ1n) is 9.91. The van der Waals surface area contributed by atoms with Gasteiger partial charge in [-0.1, -0.05) is 35.5 Å². The van der Waals surface area contributed by atoms with Crippen molar-refractivity contribution in [3.8, 4) is 17.1 Å². The van der Waals surface area contributed by atoms with Crippen molar-refractivity contribution in [2.45, 2.75) is 12.3 Å². The Morgan fingerprint density at radius 3 is 2.77 bits per heavy atom. The molecule has 0 radical (unpaired) electrons. The van der Waals surface area contributed by atoms with Crippen molar-refractivity contribution in [2.75, 3.05) is 20.2 Å². The van der Waals surface area contributed by atoms with Gasteiger partial charge in [-0.25, -0.2) is 0 Å². The van der Waals surface area contributed by atoms with Crippen LogP contribution in [0.1, 0.15) is 17.4 Å². The number of amides is 1. The number of hydrogen-bond acceptors (Lipinski definition) is 5. The van der Waals surface area contributed by atoms with Crippen molar-refractivity contribution in [2.24, 2.45) is 7.05 Å². The minimum absolute atomic E-state index is 0.0671. The molecular weight excluding hydrogens is 380 g/mol. The van der Waals surface area contributed by atoms with Gasteiger partial charge in [-0.05, 0) is 23.8 Å². The summed E-state index contributed by atoms with van der Waals surface area (Å²) in [6.07, 6.45) is 2.43. The third-order valence-electron chi connectivity index (χ3n) is 5.69. The number of rotatable bonds is 5. The molecule has 3 heterocycles. The average molecular weight is 402 g/mol. The lowest BCUT2D eigenvalue weighted by Crippen LogP contribution is -2.49. The van der Waals surface area contributed by atoms with E-state index in [1.165, 1.54) is 0 Å². The van der Waals surface area contributed by atoms with Crippen molar-refractivity contribution < 1.29 is 14.1 Å². The van der Waals surface area contributed by atoms with E-state index in [0.29, 0.717) is 37.0 Å². The molecule has 5 rings (SSSR count). The minimum Gasteiger partial charge on any atom is -0.496 e. The molecule has 30 heavy (non-hydrogen) atoms. The summed E-state index contributed by atoms with van der Waals surface area (Å²) >= 11 is 0. The molecule has 152 valence electrons. The molecule has 0 aliphatic carbocycles. The first-order valence-corrected chi connectivity index (χ1v) is 9.91. The number of benzene rings is 2. The number of carbonyl (C=O) groups excluding carboxylic acids is 1. The Morgan fingerprint density at radius 1 is 1.17 bits per heavy atom. The van der Waals surface area contributed by atoms with Crippen LogP contribution >= 0.6 is 0 Å². The maximum absolute atomic E-state index is 12.8. The largest absolute Gasteiger partial charge is 0.496 e. The minimum atomic E-state index is 0.0671. The molecule has 0 unspecified atom stereocenters. The summed E-state index contributed by atoms with van der Waals surface area (Å²) in [7, 11) is 3.62. The predicted octanol–water partition coefficient (Wildman–Crippen LogP) is 3.41. The monoisotopic (exact) mass is 402 g/mol. The van der Waals surface area contributed by atoms with Crippen LogP contribution in [0.15, 0.2) is 59.3 Å². The van der Waals surface area contributed by atoms with E-state index in [0.717, 1.165) is 22.0 Å². The molecule has 7 heteroatoms. The average Bonchev–Trinajstić information content (AvgIpc) is 3.33. The first-order chi connectivity index (χ1) is 14.6. The van der Waals surface area contributed by atoms with Crippen LogP contribution in [0.3, 0.4) is 0 Å². The molecule has 7 nitrogen and oxygen atoms in total. The Kier molecular flexibility index (Phi) is 4.50. The molecule has 2 aromatic carbocycles. The highest BCUT2D eigenvalue weighted by molar-refractivity contribution is 5.89. The number of fused-ring (bicyclic) bond motifs is 1. The molecule has 4 aromatic rings. The summed E-state index contributed by atoms with van der Waals surface area (Å²) in [4.78, 5) is 19.1. The second kappa shape index (κ2) is 7.33. The van der Waals surface area contributed by atoms with E-state index in [9.17, 15) is 4.79 Å². The van der Waals surface area contributed by atoms with Gasteiger partial charge in [-0.15, -0.1) is 0 Å². The lowest BCUT2D eigenvalue weighted by atomic mass is 9.98. The number of carbonyl (C=O) groups is 1. The van der Waals surface area contributed by atoms with Gasteiger partial charge in [-0.3, -0.25) is 4.79 Å². The second-order valence-electron chi connectivity index (χ2n) is 7.61. The first kappa shape index (κ1) is 18.4. The van der Waals surface area contributed by atoms with Gasteiger partial charge in [-0.2, -0.15) is 4.98 Å². The zero-order chi connectivity index (χ0) is 20.7. The van der Waals surface area contributed by atoms with Crippen LogP contribution in [0.25, 0.3) is 22.3 Å². The maximum atomic E-state index is 12.8. The number of ether oxygens (including phenoxy) is 1. The quantitative estimate of drug-likeness (QED) is 0.512. The highest BCUT2D eigenvalue weighted by Crippen LogP contribution is 2.31. The SMILES string of the molecule is COc1ccccc1-c1noc(C2CN(C(=O)Cc3cn(C)c4ccccc34)C2)n1. The van der Waals surface area contributed by atoms with Crippen molar-refractivity contribution in [3.05, 3.63) is 66.2 Å². The number of methoxy groups -OCH3 is 1. The smallest absolute Gasteiger partial charge is 0.233 e. The van der Waals surface area contributed by atoms with Crippen LogP contribution in [-0.2, 0) is 18.3 Å². The van der Waals surface area contributed by atoms with Crippen LogP contribution in [0.4, 0.5) is 0 Å². The fraction of sp³-hybridized carbons (Fsp3) is 0.261. The van der Waals surface area contributed by atoms with E-state index in [4.69, 9.17) is 9.26 Å². The maximum Gasteiger partial charge on any atom is 0.233 e. The summed E-state index contributed by atoms with van der Waals surface area (Å²) in [6.45, 7) is 1.19. The Morgan fingerprint density at radius 2 is 1.93 bits per heavy atom. The van der Waals surface area contributed by atoms with Crippen LogP contribution in [-0.4, -0.2) is 45.7 Å². The van der Waals surface area contributed by atoms with E-state index >= 15 is 0 Å². The van der Waals surface area contributed by atoms with Crippen LogP contribution < -0.4 is 4.74 Å². The molecular formula is C23H22N4O3. The van der Waals surface area contributed by atoms with Gasteiger partial charge >= 0.3 is 0 Å². The normalized spacial score (nSPS) is 14.1.